The van der Waals surface area contributed by atoms with Crippen LogP contribution in [0.2, 0.25) is 0 Å². The number of aryl methyl sites for hydroxylation is 1. The fourth-order valence-corrected chi connectivity index (χ4v) is 5.24. The van der Waals surface area contributed by atoms with Gasteiger partial charge in [-0.2, -0.15) is 0 Å². The van der Waals surface area contributed by atoms with E-state index in [9.17, 15) is 9.18 Å². The van der Waals surface area contributed by atoms with E-state index in [1.807, 2.05) is 37.1 Å². The van der Waals surface area contributed by atoms with Gasteiger partial charge in [-0.15, -0.1) is 5.10 Å². The number of ether oxygens (including phenoxy) is 1. The highest BCUT2D eigenvalue weighted by molar-refractivity contribution is 5.87. The Balaban J connectivity index is 0.000000373. The van der Waals surface area contributed by atoms with Crippen molar-refractivity contribution in [1.82, 2.24) is 44.7 Å². The third-order valence-corrected chi connectivity index (χ3v) is 8.02. The number of amides is 1. The number of halogens is 2. The quantitative estimate of drug-likeness (QED) is 0.193. The normalized spacial score (nSPS) is 15.5. The number of piperazine rings is 1. The number of carbonyl (C=O) groups excluding carboxylic acids is 1. The van der Waals surface area contributed by atoms with E-state index in [0.29, 0.717) is 84.6 Å². The standard InChI is InChI=1S/C25H23FN10O2.C7H12FN/c1-15-21(38-16-3-5-20-18(11-16)32-33-34(20)2)6-4-17(22(15)26)30-24-23-19(28-13-29-24)12-27-25(31-23)36-9-7-35(14-37)8-10-36;1-2-3-4-9-5-7(8)6-9/h3-6,11-14H,7-10H2,1-2H3,(H,28,29,30);2-3,7H,4-6H2,1H3/b;3-2+. The molecular weight excluding hydrogens is 608 g/mol. The van der Waals surface area contributed by atoms with Gasteiger partial charge in [-0.3, -0.25) is 9.69 Å². The summed E-state index contributed by atoms with van der Waals surface area (Å²) in [6, 6.07) is 8.68. The lowest BCUT2D eigenvalue weighted by Crippen LogP contribution is -2.48. The van der Waals surface area contributed by atoms with E-state index < -0.39 is 12.0 Å². The first-order valence-electron chi connectivity index (χ1n) is 15.3. The number of fused-ring (bicyclic) bond motifs is 2. The third-order valence-electron chi connectivity index (χ3n) is 8.02. The predicted molar refractivity (Wildman–Crippen MR) is 174 cm³/mol. The Kier molecular flexibility index (Phi) is 9.42. The smallest absolute Gasteiger partial charge is 0.226 e. The Morgan fingerprint density at radius 2 is 1.87 bits per heavy atom. The van der Waals surface area contributed by atoms with E-state index in [2.05, 4.69) is 40.5 Å². The van der Waals surface area contributed by atoms with Gasteiger partial charge in [-0.25, -0.2) is 33.4 Å². The fraction of sp³-hybridized carbons (Fsp3) is 0.344. The van der Waals surface area contributed by atoms with Gasteiger partial charge in [0.15, 0.2) is 11.6 Å². The van der Waals surface area contributed by atoms with Crippen LogP contribution in [0, 0.1) is 12.7 Å². The maximum atomic E-state index is 15.5. The molecule has 0 unspecified atom stereocenters. The van der Waals surface area contributed by atoms with E-state index in [0.717, 1.165) is 18.5 Å². The Morgan fingerprint density at radius 3 is 2.62 bits per heavy atom. The topological polar surface area (TPSA) is 130 Å². The number of carbonyl (C=O) groups is 1. The van der Waals surface area contributed by atoms with Gasteiger partial charge in [0.1, 0.15) is 40.5 Å². The van der Waals surface area contributed by atoms with Crippen LogP contribution >= 0.6 is 0 Å². The van der Waals surface area contributed by atoms with Crippen molar-refractivity contribution in [2.75, 3.05) is 56.0 Å². The van der Waals surface area contributed by atoms with Gasteiger partial charge in [-0.1, -0.05) is 17.4 Å². The van der Waals surface area contributed by atoms with E-state index >= 15 is 4.39 Å². The Bertz CT molecular complexity index is 1900. The number of aromatic nitrogens is 7. The van der Waals surface area contributed by atoms with Crippen molar-refractivity contribution >= 4 is 45.9 Å². The second kappa shape index (κ2) is 14.0. The zero-order valence-corrected chi connectivity index (χ0v) is 26.3. The van der Waals surface area contributed by atoms with Crippen LogP contribution in [0.15, 0.2) is 55.0 Å². The van der Waals surface area contributed by atoms with Crippen LogP contribution in [0.4, 0.5) is 26.2 Å². The number of alkyl halides is 1. The summed E-state index contributed by atoms with van der Waals surface area (Å²) in [5.41, 5.74) is 3.09. The maximum Gasteiger partial charge on any atom is 0.226 e. The summed E-state index contributed by atoms with van der Waals surface area (Å²) < 4.78 is 35.2. The lowest BCUT2D eigenvalue weighted by atomic mass is 10.1. The molecule has 2 fully saturated rings. The van der Waals surface area contributed by atoms with Crippen molar-refractivity contribution in [3.05, 3.63) is 66.4 Å². The zero-order valence-electron chi connectivity index (χ0n) is 26.3. The molecule has 0 aliphatic carbocycles. The average Bonchev–Trinajstić information content (AvgIpc) is 3.45. The molecule has 2 aliphatic heterocycles. The van der Waals surface area contributed by atoms with Crippen molar-refractivity contribution in [1.29, 1.82) is 0 Å². The molecule has 3 aromatic heterocycles. The molecule has 5 aromatic rings. The predicted octanol–water partition coefficient (Wildman–Crippen LogP) is 4.18. The lowest BCUT2D eigenvalue weighted by molar-refractivity contribution is -0.118. The molecule has 2 aromatic carbocycles. The number of benzene rings is 2. The molecule has 5 heterocycles. The zero-order chi connectivity index (χ0) is 32.9. The molecule has 2 saturated heterocycles. The summed E-state index contributed by atoms with van der Waals surface area (Å²) in [6.07, 6.45) is 7.31. The van der Waals surface area contributed by atoms with Gasteiger partial charge in [0.25, 0.3) is 0 Å². The van der Waals surface area contributed by atoms with Crippen LogP contribution in [0.25, 0.3) is 22.1 Å². The largest absolute Gasteiger partial charge is 0.457 e. The number of hydrogen-bond acceptors (Lipinski definition) is 11. The number of rotatable bonds is 8. The monoisotopic (exact) mass is 643 g/mol. The summed E-state index contributed by atoms with van der Waals surface area (Å²) >= 11 is 0. The number of likely N-dealkylation sites (tertiary alicyclic amines) is 1. The van der Waals surface area contributed by atoms with E-state index in [1.54, 1.807) is 47.0 Å². The Morgan fingerprint density at radius 1 is 1.06 bits per heavy atom. The van der Waals surface area contributed by atoms with E-state index in [4.69, 9.17) is 4.74 Å². The van der Waals surface area contributed by atoms with Gasteiger partial charge in [0, 0.05) is 64.5 Å². The number of nitrogens with zero attached hydrogens (tertiary/aromatic N) is 10. The summed E-state index contributed by atoms with van der Waals surface area (Å²) in [6.45, 7) is 8.20. The molecular formula is C32H35F2N11O2. The SMILES string of the molecule is C/C=C/CN1CC(F)C1.Cc1c(Oc2ccc3c(c2)nnn3C)ccc(Nc2ncnc3cnc(N4CCN(C=O)CC4)nc23)c1F. The third kappa shape index (κ3) is 7.09. The molecule has 0 saturated carbocycles. The van der Waals surface area contributed by atoms with E-state index in [1.165, 1.54) is 6.33 Å². The second-order valence-corrected chi connectivity index (χ2v) is 11.3. The van der Waals surface area contributed by atoms with E-state index in [-0.39, 0.29) is 5.69 Å². The molecule has 1 N–H and O–H groups in total. The number of nitrogens with one attached hydrogen (secondary N) is 1. The molecule has 0 spiro atoms. The van der Waals surface area contributed by atoms with Crippen LogP contribution < -0.4 is 15.0 Å². The number of hydrogen-bond donors (Lipinski definition) is 1. The van der Waals surface area contributed by atoms with Crippen LogP contribution in [-0.4, -0.2) is 103 Å². The summed E-state index contributed by atoms with van der Waals surface area (Å²) in [7, 11) is 1.81. The van der Waals surface area contributed by atoms with Crippen molar-refractivity contribution in [3.8, 4) is 11.5 Å². The van der Waals surface area contributed by atoms with Gasteiger partial charge < -0.3 is 19.9 Å². The van der Waals surface area contributed by atoms with Crippen molar-refractivity contribution < 1.29 is 18.3 Å². The molecule has 0 bridgehead atoms. The molecule has 13 nitrogen and oxygen atoms in total. The molecule has 47 heavy (non-hydrogen) atoms. The summed E-state index contributed by atoms with van der Waals surface area (Å²) in [4.78, 5) is 34.4. The maximum absolute atomic E-state index is 15.5. The lowest BCUT2D eigenvalue weighted by Gasteiger charge is -2.33. The van der Waals surface area contributed by atoms with Crippen LogP contribution in [0.5, 0.6) is 11.5 Å². The Labute approximate surface area is 269 Å². The van der Waals surface area contributed by atoms with Crippen LogP contribution in [0.3, 0.4) is 0 Å². The second-order valence-electron chi connectivity index (χ2n) is 11.3. The molecule has 7 rings (SSSR count). The minimum absolute atomic E-state index is 0.221. The molecule has 0 atom stereocenters. The number of allylic oxidation sites excluding steroid dienone is 1. The first kappa shape index (κ1) is 31.7. The minimum Gasteiger partial charge on any atom is -0.457 e. The van der Waals surface area contributed by atoms with Crippen LogP contribution in [0.1, 0.15) is 12.5 Å². The molecule has 244 valence electrons. The highest BCUT2D eigenvalue weighted by Crippen LogP contribution is 2.33. The van der Waals surface area contributed by atoms with Gasteiger partial charge >= 0.3 is 0 Å². The average molecular weight is 644 g/mol. The summed E-state index contributed by atoms with van der Waals surface area (Å²) in [5.74, 6) is 1.28. The molecule has 15 heteroatoms. The Hall–Kier alpha value is -5.31. The molecule has 1 amide bonds. The van der Waals surface area contributed by atoms with Crippen LogP contribution in [-0.2, 0) is 11.8 Å². The fourth-order valence-electron chi connectivity index (χ4n) is 5.24. The molecule has 0 radical (unpaired) electrons. The first-order chi connectivity index (χ1) is 22.8. The van der Waals surface area contributed by atoms with Gasteiger partial charge in [-0.05, 0) is 38.1 Å². The van der Waals surface area contributed by atoms with Gasteiger partial charge in [0.05, 0.1) is 17.4 Å². The first-order valence-corrected chi connectivity index (χ1v) is 15.3. The highest BCUT2D eigenvalue weighted by Gasteiger charge is 2.24. The molecule has 2 aliphatic rings. The van der Waals surface area contributed by atoms with Crippen molar-refractivity contribution in [2.45, 2.75) is 20.0 Å². The van der Waals surface area contributed by atoms with Gasteiger partial charge in [0.2, 0.25) is 12.4 Å². The highest BCUT2D eigenvalue weighted by atomic mass is 19.1. The van der Waals surface area contributed by atoms with Crippen molar-refractivity contribution in [2.24, 2.45) is 7.05 Å². The van der Waals surface area contributed by atoms with Crippen molar-refractivity contribution in [3.63, 3.8) is 0 Å². The number of anilines is 3. The minimum atomic E-state index is -0.560. The summed E-state index contributed by atoms with van der Waals surface area (Å²) in [5, 5.41) is 11.1.